The van der Waals surface area contributed by atoms with E-state index in [0.717, 1.165) is 47.9 Å². The lowest BCUT2D eigenvalue weighted by Crippen LogP contribution is -2.32. The molecule has 1 atom stereocenters. The lowest BCUT2D eigenvalue weighted by molar-refractivity contribution is -0.131. The van der Waals surface area contributed by atoms with Crippen LogP contribution in [0.25, 0.3) is 5.65 Å². The maximum Gasteiger partial charge on any atom is 0.229 e. The molecule has 0 saturated carbocycles. The highest BCUT2D eigenvalue weighted by Gasteiger charge is 2.32. The summed E-state index contributed by atoms with van der Waals surface area (Å²) in [5.41, 5.74) is 3.57. The van der Waals surface area contributed by atoms with E-state index in [1.807, 2.05) is 47.7 Å². The van der Waals surface area contributed by atoms with E-state index in [1.54, 1.807) is 12.4 Å². The monoisotopic (exact) mass is 350 g/mol. The van der Waals surface area contributed by atoms with Crippen molar-refractivity contribution in [3.8, 4) is 0 Å². The number of carbonyl (C=O) groups is 1. The van der Waals surface area contributed by atoms with E-state index < -0.39 is 0 Å². The van der Waals surface area contributed by atoms with Gasteiger partial charge >= 0.3 is 0 Å². The number of nitrogens with zero attached hydrogens (tertiary/aromatic N) is 5. The van der Waals surface area contributed by atoms with Crippen molar-refractivity contribution in [2.45, 2.75) is 32.2 Å². The molecule has 0 radical (unpaired) electrons. The van der Waals surface area contributed by atoms with Gasteiger partial charge in [-0.2, -0.15) is 0 Å². The lowest BCUT2D eigenvalue weighted by Gasteiger charge is -2.24. The zero-order chi connectivity index (χ0) is 18.1. The van der Waals surface area contributed by atoms with Crippen LogP contribution in [0.5, 0.6) is 0 Å². The molecule has 7 nitrogen and oxygen atoms in total. The number of nitrogens with one attached hydrogen (secondary N) is 1. The van der Waals surface area contributed by atoms with E-state index in [1.165, 1.54) is 0 Å². The second-order valence-electron chi connectivity index (χ2n) is 6.57. The summed E-state index contributed by atoms with van der Waals surface area (Å²) in [4.78, 5) is 28.4. The van der Waals surface area contributed by atoms with E-state index in [9.17, 15) is 4.79 Å². The van der Waals surface area contributed by atoms with Crippen LogP contribution in [0, 0.1) is 6.92 Å². The van der Waals surface area contributed by atoms with Gasteiger partial charge in [0.25, 0.3) is 0 Å². The molecule has 4 heterocycles. The number of hydrogen-bond acceptors (Lipinski definition) is 5. The number of rotatable bonds is 4. The number of aromatic nitrogens is 4. The first-order valence-electron chi connectivity index (χ1n) is 8.89. The molecule has 4 rings (SSSR count). The van der Waals surface area contributed by atoms with Crippen molar-refractivity contribution in [2.24, 2.45) is 0 Å². The summed E-state index contributed by atoms with van der Waals surface area (Å²) >= 11 is 0. The summed E-state index contributed by atoms with van der Waals surface area (Å²) in [6, 6.07) is 5.86. The Morgan fingerprint density at radius 1 is 1.31 bits per heavy atom. The zero-order valence-electron chi connectivity index (χ0n) is 15.0. The van der Waals surface area contributed by atoms with Crippen LogP contribution in [-0.2, 0) is 11.2 Å². The van der Waals surface area contributed by atoms with Crippen LogP contribution in [0.3, 0.4) is 0 Å². The Balaban J connectivity index is 1.59. The molecule has 3 aromatic heterocycles. The van der Waals surface area contributed by atoms with E-state index in [-0.39, 0.29) is 11.9 Å². The second kappa shape index (κ2) is 6.74. The van der Waals surface area contributed by atoms with Crippen LogP contribution < -0.4 is 5.32 Å². The molecule has 1 saturated heterocycles. The maximum absolute atomic E-state index is 13.1. The Morgan fingerprint density at radius 3 is 3.04 bits per heavy atom. The largest absolute Gasteiger partial charge is 0.372 e. The van der Waals surface area contributed by atoms with Gasteiger partial charge in [-0.25, -0.2) is 9.97 Å². The van der Waals surface area contributed by atoms with E-state index in [4.69, 9.17) is 0 Å². The first-order chi connectivity index (χ1) is 12.7. The Labute approximate surface area is 152 Å². The van der Waals surface area contributed by atoms with Crippen molar-refractivity contribution in [1.29, 1.82) is 0 Å². The summed E-state index contributed by atoms with van der Waals surface area (Å²) in [5, 5.41) is 3.01. The number of imidazole rings is 1. The molecular weight excluding hydrogens is 328 g/mol. The molecule has 3 aromatic rings. The fourth-order valence-electron chi connectivity index (χ4n) is 3.66. The quantitative estimate of drug-likeness (QED) is 0.782. The minimum atomic E-state index is -0.0113. The first kappa shape index (κ1) is 16.5. The molecule has 1 aliphatic heterocycles. The number of carbonyl (C=O) groups excluding carboxylic acids is 1. The minimum absolute atomic E-state index is 0.0113. The summed E-state index contributed by atoms with van der Waals surface area (Å²) in [7, 11) is 1.82. The third kappa shape index (κ3) is 2.89. The predicted molar refractivity (Wildman–Crippen MR) is 98.9 cm³/mol. The summed E-state index contributed by atoms with van der Waals surface area (Å²) in [6.45, 7) is 2.71. The van der Waals surface area contributed by atoms with Gasteiger partial charge in [0.2, 0.25) is 5.91 Å². The van der Waals surface area contributed by atoms with Crippen LogP contribution in [0.1, 0.15) is 36.0 Å². The topological polar surface area (TPSA) is 75.4 Å². The van der Waals surface area contributed by atoms with Crippen LogP contribution >= 0.6 is 0 Å². The first-order valence-corrected chi connectivity index (χ1v) is 8.89. The van der Waals surface area contributed by atoms with Crippen LogP contribution in [-0.4, -0.2) is 43.8 Å². The van der Waals surface area contributed by atoms with Crippen molar-refractivity contribution in [3.63, 3.8) is 0 Å². The number of amides is 1. The van der Waals surface area contributed by atoms with Gasteiger partial charge < -0.3 is 14.6 Å². The Hall–Kier alpha value is -2.96. The highest BCUT2D eigenvalue weighted by atomic mass is 16.2. The number of hydrogen-bond donors (Lipinski definition) is 1. The van der Waals surface area contributed by atoms with Gasteiger partial charge in [-0.3, -0.25) is 9.78 Å². The van der Waals surface area contributed by atoms with Crippen LogP contribution in [0.15, 0.2) is 36.8 Å². The van der Waals surface area contributed by atoms with Gasteiger partial charge in [0, 0.05) is 19.8 Å². The van der Waals surface area contributed by atoms with E-state index >= 15 is 0 Å². The van der Waals surface area contributed by atoms with Crippen molar-refractivity contribution < 1.29 is 4.79 Å². The highest BCUT2D eigenvalue weighted by molar-refractivity contribution is 5.79. The van der Waals surface area contributed by atoms with E-state index in [2.05, 4.69) is 20.3 Å². The van der Waals surface area contributed by atoms with Crippen molar-refractivity contribution in [3.05, 3.63) is 53.9 Å². The molecule has 0 unspecified atom stereocenters. The van der Waals surface area contributed by atoms with Gasteiger partial charge in [0.05, 0.1) is 41.9 Å². The molecular formula is C19H22N6O. The predicted octanol–water partition coefficient (Wildman–Crippen LogP) is 2.38. The number of fused-ring (bicyclic) bond motifs is 1. The molecule has 134 valence electrons. The number of likely N-dealkylation sites (tertiary alicyclic amines) is 1. The van der Waals surface area contributed by atoms with Gasteiger partial charge in [-0.15, -0.1) is 0 Å². The van der Waals surface area contributed by atoms with Crippen LogP contribution in [0.2, 0.25) is 0 Å². The summed E-state index contributed by atoms with van der Waals surface area (Å²) in [6.07, 6.45) is 7.64. The molecule has 1 fully saturated rings. The smallest absolute Gasteiger partial charge is 0.229 e. The van der Waals surface area contributed by atoms with Gasteiger partial charge in [-0.1, -0.05) is 6.07 Å². The van der Waals surface area contributed by atoms with Crippen LogP contribution in [0.4, 0.5) is 5.82 Å². The number of pyridine rings is 1. The molecule has 26 heavy (non-hydrogen) atoms. The third-order valence-corrected chi connectivity index (χ3v) is 4.97. The molecule has 0 aromatic carbocycles. The molecule has 1 amide bonds. The molecule has 1 N–H and O–H groups in total. The summed E-state index contributed by atoms with van der Waals surface area (Å²) < 4.78 is 2.00. The molecule has 1 aliphatic rings. The Morgan fingerprint density at radius 2 is 2.19 bits per heavy atom. The van der Waals surface area contributed by atoms with Gasteiger partial charge in [0.15, 0.2) is 0 Å². The highest BCUT2D eigenvalue weighted by Crippen LogP contribution is 2.31. The molecule has 0 spiro atoms. The fourth-order valence-corrected chi connectivity index (χ4v) is 3.66. The Kier molecular flexibility index (Phi) is 4.28. The van der Waals surface area contributed by atoms with Gasteiger partial charge in [0.1, 0.15) is 11.5 Å². The molecule has 0 aliphatic carbocycles. The third-order valence-electron chi connectivity index (χ3n) is 4.97. The number of anilines is 1. The average Bonchev–Trinajstić information content (AvgIpc) is 3.27. The van der Waals surface area contributed by atoms with Crippen molar-refractivity contribution >= 4 is 17.4 Å². The SMILES string of the molecule is CNc1cncc([C@H]2CCCN2C(=O)Cc2c(C)nc3ccccn23)n1. The molecule has 7 heteroatoms. The average molecular weight is 350 g/mol. The van der Waals surface area contributed by atoms with Gasteiger partial charge in [-0.05, 0) is 31.9 Å². The summed E-state index contributed by atoms with van der Waals surface area (Å²) in [5.74, 6) is 0.831. The maximum atomic E-state index is 13.1. The zero-order valence-corrected chi connectivity index (χ0v) is 15.0. The lowest BCUT2D eigenvalue weighted by atomic mass is 10.1. The standard InChI is InChI=1S/C19H22N6O/c1-13-16(24-8-4-3-7-18(24)22-13)10-19(26)25-9-5-6-15(25)14-11-21-12-17(20-2)23-14/h3-4,7-8,11-12,15H,5-6,9-10H2,1-2H3,(H,20,23)/t15-/m1/s1. The minimum Gasteiger partial charge on any atom is -0.372 e. The van der Waals surface area contributed by atoms with Crippen molar-refractivity contribution in [2.75, 3.05) is 18.9 Å². The van der Waals surface area contributed by atoms with Crippen molar-refractivity contribution in [1.82, 2.24) is 24.3 Å². The second-order valence-corrected chi connectivity index (χ2v) is 6.57. The fraction of sp³-hybridized carbons (Fsp3) is 0.368. The Bertz CT molecular complexity index is 950. The number of aryl methyl sites for hydroxylation is 1. The van der Waals surface area contributed by atoms with E-state index in [0.29, 0.717) is 6.42 Å². The normalized spacial score (nSPS) is 17.0. The molecule has 0 bridgehead atoms.